The van der Waals surface area contributed by atoms with E-state index < -0.39 is 0 Å². The Morgan fingerprint density at radius 3 is 2.88 bits per heavy atom. The number of hydrogen-bond donors (Lipinski definition) is 1. The van der Waals surface area contributed by atoms with Gasteiger partial charge in [0.25, 0.3) is 0 Å². The van der Waals surface area contributed by atoms with E-state index in [0.29, 0.717) is 6.04 Å². The molecule has 0 aliphatic carbocycles. The quantitative estimate of drug-likeness (QED) is 0.748. The van der Waals surface area contributed by atoms with E-state index in [-0.39, 0.29) is 0 Å². The van der Waals surface area contributed by atoms with Crippen LogP contribution >= 0.6 is 0 Å². The van der Waals surface area contributed by atoms with Gasteiger partial charge in [0.1, 0.15) is 0 Å². The molecule has 0 bridgehead atoms. The first kappa shape index (κ1) is 13.0. The molecule has 0 amide bonds. The van der Waals surface area contributed by atoms with E-state index in [4.69, 9.17) is 0 Å². The first-order chi connectivity index (χ1) is 7.63. The van der Waals surface area contributed by atoms with Crippen molar-refractivity contribution >= 4 is 5.57 Å². The van der Waals surface area contributed by atoms with Gasteiger partial charge in [0.05, 0.1) is 6.20 Å². The number of aromatic nitrogens is 2. The monoisotopic (exact) mass is 221 g/mol. The van der Waals surface area contributed by atoms with Crippen molar-refractivity contribution in [2.45, 2.75) is 46.7 Å². The second-order valence-corrected chi connectivity index (χ2v) is 4.37. The van der Waals surface area contributed by atoms with Crippen molar-refractivity contribution < 1.29 is 0 Å². The van der Waals surface area contributed by atoms with Crippen molar-refractivity contribution in [1.82, 2.24) is 15.1 Å². The summed E-state index contributed by atoms with van der Waals surface area (Å²) in [7, 11) is 0. The van der Waals surface area contributed by atoms with Crippen LogP contribution in [0.15, 0.2) is 18.5 Å². The van der Waals surface area contributed by atoms with Crippen molar-refractivity contribution in [3.63, 3.8) is 0 Å². The molecule has 0 aliphatic rings. The Hall–Kier alpha value is -1.09. The molecule has 1 N–H and O–H groups in total. The van der Waals surface area contributed by atoms with Crippen LogP contribution in [0.25, 0.3) is 5.57 Å². The van der Waals surface area contributed by atoms with Crippen molar-refractivity contribution in [2.75, 3.05) is 6.54 Å². The van der Waals surface area contributed by atoms with E-state index in [9.17, 15) is 0 Å². The number of hydrogen-bond acceptors (Lipinski definition) is 2. The highest BCUT2D eigenvalue weighted by Crippen LogP contribution is 2.12. The van der Waals surface area contributed by atoms with Gasteiger partial charge in [-0.3, -0.25) is 4.68 Å². The second kappa shape index (κ2) is 6.48. The summed E-state index contributed by atoms with van der Waals surface area (Å²) in [5.74, 6) is 0. The maximum atomic E-state index is 4.27. The molecule has 1 aromatic rings. The van der Waals surface area contributed by atoms with Crippen LogP contribution in [-0.4, -0.2) is 22.4 Å². The fourth-order valence-corrected chi connectivity index (χ4v) is 1.52. The van der Waals surface area contributed by atoms with Gasteiger partial charge in [-0.05, 0) is 32.4 Å². The summed E-state index contributed by atoms with van der Waals surface area (Å²) < 4.78 is 1.96. The van der Waals surface area contributed by atoms with Crippen LogP contribution in [-0.2, 0) is 6.54 Å². The molecule has 0 radical (unpaired) electrons. The first-order valence-corrected chi connectivity index (χ1v) is 6.06. The molecule has 0 aliphatic heterocycles. The smallest absolute Gasteiger partial charge is 0.0564 e. The van der Waals surface area contributed by atoms with Gasteiger partial charge >= 0.3 is 0 Å². The lowest BCUT2D eigenvalue weighted by Gasteiger charge is -2.05. The van der Waals surface area contributed by atoms with Crippen LogP contribution in [0.4, 0.5) is 0 Å². The molecule has 16 heavy (non-hydrogen) atoms. The van der Waals surface area contributed by atoms with E-state index in [1.165, 1.54) is 11.1 Å². The molecular weight excluding hydrogens is 198 g/mol. The Kier molecular flexibility index (Phi) is 5.26. The van der Waals surface area contributed by atoms with Gasteiger partial charge in [-0.25, -0.2) is 0 Å². The average Bonchev–Trinajstić information content (AvgIpc) is 2.72. The van der Waals surface area contributed by atoms with Gasteiger partial charge in [0.15, 0.2) is 0 Å². The first-order valence-electron chi connectivity index (χ1n) is 6.06. The van der Waals surface area contributed by atoms with Crippen molar-refractivity contribution in [1.29, 1.82) is 0 Å². The number of allylic oxidation sites excluding steroid dienone is 1. The lowest BCUT2D eigenvalue weighted by Crippen LogP contribution is -2.23. The highest BCUT2D eigenvalue weighted by atomic mass is 15.3. The summed E-state index contributed by atoms with van der Waals surface area (Å²) >= 11 is 0. The zero-order chi connectivity index (χ0) is 12.0. The standard InChI is InChI=1S/C13H23N3/c1-5-16-10-13(9-15-16)12(4)7-6-8-14-11(2)3/h7,9-11,14H,5-6,8H2,1-4H3. The topological polar surface area (TPSA) is 29.9 Å². The maximum Gasteiger partial charge on any atom is 0.0564 e. The van der Waals surface area contributed by atoms with E-state index in [2.05, 4.69) is 50.4 Å². The van der Waals surface area contributed by atoms with Crippen molar-refractivity contribution in [3.8, 4) is 0 Å². The molecule has 90 valence electrons. The molecule has 1 rings (SSSR count). The normalized spacial score (nSPS) is 12.4. The Balaban J connectivity index is 2.43. The summed E-state index contributed by atoms with van der Waals surface area (Å²) in [6.07, 6.45) is 7.38. The number of rotatable bonds is 6. The molecule has 1 heterocycles. The lowest BCUT2D eigenvalue weighted by atomic mass is 10.1. The van der Waals surface area contributed by atoms with Gasteiger partial charge in [-0.2, -0.15) is 5.10 Å². The minimum Gasteiger partial charge on any atom is -0.314 e. The van der Waals surface area contributed by atoms with Gasteiger partial charge in [0, 0.05) is 24.3 Å². The third kappa shape index (κ3) is 4.19. The molecular formula is C13H23N3. The fraction of sp³-hybridized carbons (Fsp3) is 0.615. The predicted molar refractivity (Wildman–Crippen MR) is 69.3 cm³/mol. The van der Waals surface area contributed by atoms with Gasteiger partial charge in [0.2, 0.25) is 0 Å². The second-order valence-electron chi connectivity index (χ2n) is 4.37. The summed E-state index contributed by atoms with van der Waals surface area (Å²) in [6, 6.07) is 0.566. The minimum absolute atomic E-state index is 0.566. The van der Waals surface area contributed by atoms with E-state index in [1.54, 1.807) is 0 Å². The molecule has 0 fully saturated rings. The van der Waals surface area contributed by atoms with Crippen LogP contribution in [0.3, 0.4) is 0 Å². The molecule has 0 saturated carbocycles. The highest BCUT2D eigenvalue weighted by molar-refractivity contribution is 5.62. The largest absolute Gasteiger partial charge is 0.314 e. The average molecular weight is 221 g/mol. The Morgan fingerprint density at radius 2 is 2.31 bits per heavy atom. The molecule has 3 nitrogen and oxygen atoms in total. The van der Waals surface area contributed by atoms with E-state index in [1.807, 2.05) is 10.9 Å². The van der Waals surface area contributed by atoms with Crippen LogP contribution in [0.1, 0.15) is 39.7 Å². The van der Waals surface area contributed by atoms with Crippen LogP contribution in [0, 0.1) is 0 Å². The summed E-state index contributed by atoms with van der Waals surface area (Å²) in [4.78, 5) is 0. The van der Waals surface area contributed by atoms with Crippen LogP contribution < -0.4 is 5.32 Å². The number of nitrogens with zero attached hydrogens (tertiary/aromatic N) is 2. The Bertz CT molecular complexity index is 337. The molecule has 0 aromatic carbocycles. The molecule has 0 unspecified atom stereocenters. The molecule has 0 atom stereocenters. The zero-order valence-electron chi connectivity index (χ0n) is 10.8. The third-order valence-corrected chi connectivity index (χ3v) is 2.56. The fourth-order valence-electron chi connectivity index (χ4n) is 1.52. The zero-order valence-corrected chi connectivity index (χ0v) is 10.8. The van der Waals surface area contributed by atoms with E-state index in [0.717, 1.165) is 19.5 Å². The predicted octanol–water partition coefficient (Wildman–Crippen LogP) is 2.69. The van der Waals surface area contributed by atoms with Crippen molar-refractivity contribution in [2.24, 2.45) is 0 Å². The lowest BCUT2D eigenvalue weighted by molar-refractivity contribution is 0.595. The van der Waals surface area contributed by atoms with Gasteiger partial charge < -0.3 is 5.32 Å². The Morgan fingerprint density at radius 1 is 1.56 bits per heavy atom. The van der Waals surface area contributed by atoms with Crippen molar-refractivity contribution in [3.05, 3.63) is 24.0 Å². The third-order valence-electron chi connectivity index (χ3n) is 2.56. The summed E-state index contributed by atoms with van der Waals surface area (Å²) in [6.45, 7) is 10.6. The maximum absolute atomic E-state index is 4.27. The van der Waals surface area contributed by atoms with Crippen LogP contribution in [0.5, 0.6) is 0 Å². The van der Waals surface area contributed by atoms with Crippen LogP contribution in [0.2, 0.25) is 0 Å². The molecule has 3 heteroatoms. The summed E-state index contributed by atoms with van der Waals surface area (Å²) in [5.41, 5.74) is 2.54. The Labute approximate surface area is 98.5 Å². The van der Waals surface area contributed by atoms with E-state index >= 15 is 0 Å². The molecule has 1 aromatic heterocycles. The summed E-state index contributed by atoms with van der Waals surface area (Å²) in [5, 5.41) is 7.68. The minimum atomic E-state index is 0.566. The van der Waals surface area contributed by atoms with Gasteiger partial charge in [-0.15, -0.1) is 0 Å². The SMILES string of the molecule is CCn1cc(C(C)=CCCNC(C)C)cn1. The molecule has 0 saturated heterocycles. The molecule has 0 spiro atoms. The number of aryl methyl sites for hydroxylation is 1. The number of nitrogens with one attached hydrogen (secondary N) is 1. The van der Waals surface area contributed by atoms with Gasteiger partial charge in [-0.1, -0.05) is 19.9 Å². The highest BCUT2D eigenvalue weighted by Gasteiger charge is 1.98.